The number of aromatic nitrogens is 1. The molecule has 3 nitrogen and oxygen atoms in total. The Morgan fingerprint density at radius 3 is 2.71 bits per heavy atom. The summed E-state index contributed by atoms with van der Waals surface area (Å²) < 4.78 is 5.66. The van der Waals surface area contributed by atoms with Crippen LogP contribution in [-0.4, -0.2) is 17.8 Å². The van der Waals surface area contributed by atoms with Crippen LogP contribution in [0.3, 0.4) is 0 Å². The summed E-state index contributed by atoms with van der Waals surface area (Å²) in [5.41, 5.74) is 1.07. The summed E-state index contributed by atoms with van der Waals surface area (Å²) in [7, 11) is 0. The van der Waals surface area contributed by atoms with Gasteiger partial charge in [-0.3, -0.25) is 0 Å². The van der Waals surface area contributed by atoms with E-state index in [1.807, 2.05) is 0 Å². The summed E-state index contributed by atoms with van der Waals surface area (Å²) in [6.45, 7) is 3.66. The third-order valence-electron chi connectivity index (χ3n) is 2.45. The third kappa shape index (κ3) is 3.11. The van der Waals surface area contributed by atoms with Crippen LogP contribution < -0.4 is 5.32 Å². The Hall–Kier alpha value is -1.26. The summed E-state index contributed by atoms with van der Waals surface area (Å²) in [4.78, 5) is 5.49. The molecule has 1 aromatic carbocycles. The molecule has 0 aliphatic carbocycles. The number of benzene rings is 1. The predicted octanol–water partition coefficient (Wildman–Crippen LogP) is 3.17. The van der Waals surface area contributed by atoms with Crippen molar-refractivity contribution in [3.63, 3.8) is 0 Å². The lowest BCUT2D eigenvalue weighted by Crippen LogP contribution is -2.11. The van der Waals surface area contributed by atoms with Gasteiger partial charge in [-0.1, -0.05) is 19.1 Å². The predicted molar refractivity (Wildman–Crippen MR) is 71.1 cm³/mol. The minimum Gasteiger partial charge on any atom is -0.439 e. The highest BCUT2D eigenvalue weighted by atomic mass is 32.2. The van der Waals surface area contributed by atoms with Crippen LogP contribution >= 0.6 is 11.8 Å². The highest BCUT2D eigenvalue weighted by Crippen LogP contribution is 2.23. The molecular weight excluding hydrogens is 232 g/mol. The topological polar surface area (TPSA) is 38.1 Å². The lowest BCUT2D eigenvalue weighted by Gasteiger charge is -1.99. The molecule has 0 amide bonds. The van der Waals surface area contributed by atoms with Crippen molar-refractivity contribution in [2.24, 2.45) is 0 Å². The number of hydrogen-bond acceptors (Lipinski definition) is 4. The van der Waals surface area contributed by atoms with Crippen LogP contribution in [0.2, 0.25) is 0 Å². The van der Waals surface area contributed by atoms with E-state index in [1.54, 1.807) is 18.0 Å². The highest BCUT2D eigenvalue weighted by Gasteiger charge is 2.05. The summed E-state index contributed by atoms with van der Waals surface area (Å²) in [5.74, 6) is 1.56. The monoisotopic (exact) mass is 248 g/mol. The van der Waals surface area contributed by atoms with Crippen molar-refractivity contribution in [3.05, 3.63) is 36.4 Å². The molecule has 0 fully saturated rings. The fourth-order valence-corrected chi connectivity index (χ4v) is 1.92. The van der Waals surface area contributed by atoms with E-state index in [4.69, 9.17) is 4.42 Å². The molecule has 0 aliphatic heterocycles. The molecule has 0 saturated carbocycles. The second-order valence-corrected chi connectivity index (χ2v) is 4.51. The van der Waals surface area contributed by atoms with Crippen molar-refractivity contribution in [1.29, 1.82) is 0 Å². The van der Waals surface area contributed by atoms with Crippen molar-refractivity contribution in [2.45, 2.75) is 18.4 Å². The number of thioether (sulfide) groups is 1. The molecule has 0 radical (unpaired) electrons. The van der Waals surface area contributed by atoms with Crippen molar-refractivity contribution in [1.82, 2.24) is 10.3 Å². The number of hydrogen-bond donors (Lipinski definition) is 1. The second kappa shape index (κ2) is 5.89. The first kappa shape index (κ1) is 12.2. The molecule has 4 heteroatoms. The molecule has 1 heterocycles. The Bertz CT molecular complexity index is 465. The average molecular weight is 248 g/mol. The minimum absolute atomic E-state index is 0.680. The van der Waals surface area contributed by atoms with Crippen molar-refractivity contribution in [2.75, 3.05) is 12.8 Å². The maximum Gasteiger partial charge on any atom is 0.208 e. The van der Waals surface area contributed by atoms with Crippen LogP contribution in [-0.2, 0) is 6.54 Å². The van der Waals surface area contributed by atoms with Crippen molar-refractivity contribution >= 4 is 11.8 Å². The summed E-state index contributed by atoms with van der Waals surface area (Å²) in [6, 6.07) is 8.30. The molecule has 17 heavy (non-hydrogen) atoms. The third-order valence-corrected chi connectivity index (χ3v) is 3.20. The van der Waals surface area contributed by atoms with E-state index in [0.717, 1.165) is 23.8 Å². The number of rotatable bonds is 5. The summed E-state index contributed by atoms with van der Waals surface area (Å²) in [5, 5.41) is 3.19. The van der Waals surface area contributed by atoms with Gasteiger partial charge in [0.05, 0.1) is 12.7 Å². The lowest BCUT2D eigenvalue weighted by atomic mass is 10.2. The van der Waals surface area contributed by atoms with E-state index < -0.39 is 0 Å². The van der Waals surface area contributed by atoms with Crippen LogP contribution in [0.15, 0.2) is 39.8 Å². The molecular formula is C13H16N2OS. The van der Waals surface area contributed by atoms with Crippen LogP contribution in [0.5, 0.6) is 0 Å². The molecule has 0 spiro atoms. The number of nitrogens with zero attached hydrogens (tertiary/aromatic N) is 1. The van der Waals surface area contributed by atoms with Gasteiger partial charge in [-0.15, -0.1) is 11.8 Å². The van der Waals surface area contributed by atoms with Gasteiger partial charge in [0.25, 0.3) is 0 Å². The van der Waals surface area contributed by atoms with Crippen LogP contribution in [0.1, 0.15) is 12.8 Å². The Morgan fingerprint density at radius 1 is 1.29 bits per heavy atom. The first-order valence-corrected chi connectivity index (χ1v) is 6.85. The molecule has 2 aromatic rings. The van der Waals surface area contributed by atoms with Crippen molar-refractivity contribution in [3.8, 4) is 11.3 Å². The molecule has 0 atom stereocenters. The lowest BCUT2D eigenvalue weighted by molar-refractivity contribution is 0.482. The first-order valence-electron chi connectivity index (χ1n) is 5.63. The van der Waals surface area contributed by atoms with Gasteiger partial charge in [0.1, 0.15) is 0 Å². The second-order valence-electron chi connectivity index (χ2n) is 3.63. The van der Waals surface area contributed by atoms with Crippen molar-refractivity contribution < 1.29 is 4.42 Å². The normalized spacial score (nSPS) is 10.7. The standard InChI is InChI=1S/C13H16N2OS/c1-3-14-9-13-15-8-12(16-13)10-4-6-11(17-2)7-5-10/h4-8,14H,3,9H2,1-2H3. The van der Waals surface area contributed by atoms with Gasteiger partial charge in [-0.05, 0) is 24.9 Å². The summed E-state index contributed by atoms with van der Waals surface area (Å²) in [6.07, 6.45) is 3.85. The van der Waals surface area contributed by atoms with Gasteiger partial charge in [0.2, 0.25) is 5.89 Å². The van der Waals surface area contributed by atoms with Crippen LogP contribution in [0.4, 0.5) is 0 Å². The fraction of sp³-hybridized carbons (Fsp3) is 0.308. The first-order chi connectivity index (χ1) is 8.33. The number of nitrogens with one attached hydrogen (secondary N) is 1. The van der Waals surface area contributed by atoms with Gasteiger partial charge < -0.3 is 9.73 Å². The van der Waals surface area contributed by atoms with Gasteiger partial charge in [-0.2, -0.15) is 0 Å². The van der Waals surface area contributed by atoms with Gasteiger partial charge in [0, 0.05) is 10.5 Å². The van der Waals surface area contributed by atoms with E-state index in [0.29, 0.717) is 6.54 Å². The molecule has 2 rings (SSSR count). The molecule has 0 unspecified atom stereocenters. The SMILES string of the molecule is CCNCc1ncc(-c2ccc(SC)cc2)o1. The van der Waals surface area contributed by atoms with E-state index in [1.165, 1.54) is 4.90 Å². The van der Waals surface area contributed by atoms with Gasteiger partial charge in [0.15, 0.2) is 5.76 Å². The highest BCUT2D eigenvalue weighted by molar-refractivity contribution is 7.98. The summed E-state index contributed by atoms with van der Waals surface area (Å²) >= 11 is 1.73. The Kier molecular flexibility index (Phi) is 4.23. The maximum atomic E-state index is 5.66. The van der Waals surface area contributed by atoms with E-state index >= 15 is 0 Å². The zero-order valence-electron chi connectivity index (χ0n) is 10.1. The van der Waals surface area contributed by atoms with Crippen LogP contribution in [0, 0.1) is 0 Å². The average Bonchev–Trinajstić information content (AvgIpc) is 2.85. The zero-order chi connectivity index (χ0) is 12.1. The Morgan fingerprint density at radius 2 is 2.06 bits per heavy atom. The molecule has 1 aromatic heterocycles. The van der Waals surface area contributed by atoms with E-state index in [9.17, 15) is 0 Å². The molecule has 90 valence electrons. The quantitative estimate of drug-likeness (QED) is 0.825. The van der Waals surface area contributed by atoms with Crippen LogP contribution in [0.25, 0.3) is 11.3 Å². The fourth-order valence-electron chi connectivity index (χ4n) is 1.51. The Balaban J connectivity index is 2.12. The largest absolute Gasteiger partial charge is 0.439 e. The minimum atomic E-state index is 0.680. The Labute approximate surface area is 106 Å². The van der Waals surface area contributed by atoms with Gasteiger partial charge in [-0.25, -0.2) is 4.98 Å². The molecule has 0 bridgehead atoms. The number of oxazole rings is 1. The molecule has 1 N–H and O–H groups in total. The molecule has 0 saturated heterocycles. The maximum absolute atomic E-state index is 5.66. The van der Waals surface area contributed by atoms with E-state index in [-0.39, 0.29) is 0 Å². The zero-order valence-corrected chi connectivity index (χ0v) is 10.9. The smallest absolute Gasteiger partial charge is 0.208 e. The van der Waals surface area contributed by atoms with E-state index in [2.05, 4.69) is 47.7 Å². The van der Waals surface area contributed by atoms with Gasteiger partial charge >= 0.3 is 0 Å². The molecule has 0 aliphatic rings.